The molecule has 1 aliphatic heterocycles. The molecule has 1 aromatic carbocycles. The van der Waals surface area contributed by atoms with Gasteiger partial charge < -0.3 is 20.4 Å². The number of aliphatic hydroxyl groups excluding tert-OH is 2. The predicted molar refractivity (Wildman–Crippen MR) is 113 cm³/mol. The number of carbonyl (C=O) groups excluding carboxylic acids is 1. The maximum absolute atomic E-state index is 11.8. The van der Waals surface area contributed by atoms with Crippen molar-refractivity contribution in [3.63, 3.8) is 0 Å². The van der Waals surface area contributed by atoms with Crippen LogP contribution in [0.3, 0.4) is 0 Å². The summed E-state index contributed by atoms with van der Waals surface area (Å²) in [5.41, 5.74) is 2.33. The Labute approximate surface area is 180 Å². The van der Waals surface area contributed by atoms with E-state index >= 15 is 0 Å². The van der Waals surface area contributed by atoms with Crippen molar-refractivity contribution in [2.24, 2.45) is 0 Å². The van der Waals surface area contributed by atoms with Crippen molar-refractivity contribution in [3.05, 3.63) is 58.4 Å². The van der Waals surface area contributed by atoms with Gasteiger partial charge >= 0.3 is 0 Å². The molecule has 158 valence electrons. The second-order valence-electron chi connectivity index (χ2n) is 7.03. The van der Waals surface area contributed by atoms with Crippen LogP contribution in [-0.4, -0.2) is 71.9 Å². The van der Waals surface area contributed by atoms with Crippen molar-refractivity contribution in [2.75, 3.05) is 50.8 Å². The molecule has 1 amide bonds. The van der Waals surface area contributed by atoms with Gasteiger partial charge in [0.25, 0.3) is 5.91 Å². The molecule has 0 aliphatic carbocycles. The van der Waals surface area contributed by atoms with Crippen molar-refractivity contribution in [2.45, 2.75) is 6.10 Å². The van der Waals surface area contributed by atoms with Crippen LogP contribution in [0.15, 0.2) is 36.5 Å². The number of benzene rings is 1. The molecule has 1 saturated heterocycles. The summed E-state index contributed by atoms with van der Waals surface area (Å²) in [6, 6.07) is 10.6. The molecule has 0 bridgehead atoms. The monoisotopic (exact) mass is 429 g/mol. The Morgan fingerprint density at radius 3 is 2.63 bits per heavy atom. The van der Waals surface area contributed by atoms with Gasteiger partial charge in [0.15, 0.2) is 0 Å². The molecule has 0 saturated carbocycles. The standard InChI is InChI=1S/C21H24ClN5O3/c22-17-11-15(12-23)1-4-19(17)27-8-6-26(7-9-27)14-20(29)18-3-2-16(13-25-18)21(30)24-5-10-28/h1-4,11,13,20,28-29H,5-10,14H2,(H,24,30). The highest BCUT2D eigenvalue weighted by atomic mass is 35.5. The number of anilines is 1. The minimum atomic E-state index is -0.760. The van der Waals surface area contributed by atoms with Crippen molar-refractivity contribution < 1.29 is 15.0 Å². The second-order valence-corrected chi connectivity index (χ2v) is 7.44. The zero-order valence-corrected chi connectivity index (χ0v) is 17.2. The fraction of sp³-hybridized carbons (Fsp3) is 0.381. The van der Waals surface area contributed by atoms with E-state index in [4.69, 9.17) is 22.0 Å². The Kier molecular flexibility index (Phi) is 7.60. The van der Waals surface area contributed by atoms with Gasteiger partial charge in [-0.15, -0.1) is 0 Å². The van der Waals surface area contributed by atoms with Crippen LogP contribution >= 0.6 is 11.6 Å². The Morgan fingerprint density at radius 1 is 1.27 bits per heavy atom. The van der Waals surface area contributed by atoms with Gasteiger partial charge in [0, 0.05) is 45.5 Å². The lowest BCUT2D eigenvalue weighted by atomic mass is 10.1. The van der Waals surface area contributed by atoms with E-state index < -0.39 is 6.10 Å². The van der Waals surface area contributed by atoms with Crippen molar-refractivity contribution >= 4 is 23.2 Å². The van der Waals surface area contributed by atoms with Crippen molar-refractivity contribution in [1.29, 1.82) is 5.26 Å². The van der Waals surface area contributed by atoms with E-state index in [0.717, 1.165) is 31.9 Å². The van der Waals surface area contributed by atoms with E-state index in [0.29, 0.717) is 28.4 Å². The number of nitrogens with one attached hydrogen (secondary N) is 1. The lowest BCUT2D eigenvalue weighted by Crippen LogP contribution is -2.47. The number of nitriles is 1. The van der Waals surface area contributed by atoms with Gasteiger partial charge in [-0.05, 0) is 30.3 Å². The number of β-amino-alcohol motifs (C(OH)–C–C–N with tert-alkyl or cyclic N) is 1. The van der Waals surface area contributed by atoms with Gasteiger partial charge in [-0.1, -0.05) is 11.6 Å². The molecule has 0 spiro atoms. The Bertz CT molecular complexity index is 908. The summed E-state index contributed by atoms with van der Waals surface area (Å²) in [6.45, 7) is 3.54. The number of amides is 1. The summed E-state index contributed by atoms with van der Waals surface area (Å²) >= 11 is 6.31. The molecule has 2 heterocycles. The molecule has 8 nitrogen and oxygen atoms in total. The number of rotatable bonds is 7. The van der Waals surface area contributed by atoms with Crippen LogP contribution < -0.4 is 10.2 Å². The number of hydrogen-bond acceptors (Lipinski definition) is 7. The summed E-state index contributed by atoms with van der Waals surface area (Å²) in [6.07, 6.45) is 0.667. The molecular formula is C21H24ClN5O3. The van der Waals surface area contributed by atoms with Crippen LogP contribution in [-0.2, 0) is 0 Å². The van der Waals surface area contributed by atoms with Crippen molar-refractivity contribution in [1.82, 2.24) is 15.2 Å². The first-order valence-electron chi connectivity index (χ1n) is 9.72. The number of piperazine rings is 1. The molecule has 1 unspecified atom stereocenters. The molecular weight excluding hydrogens is 406 g/mol. The third kappa shape index (κ3) is 5.46. The first-order chi connectivity index (χ1) is 14.5. The van der Waals surface area contributed by atoms with Crippen LogP contribution in [0.4, 0.5) is 5.69 Å². The number of aromatic nitrogens is 1. The highest BCUT2D eigenvalue weighted by Crippen LogP contribution is 2.28. The smallest absolute Gasteiger partial charge is 0.252 e. The number of halogens is 1. The molecule has 1 atom stereocenters. The van der Waals surface area contributed by atoms with E-state index in [1.54, 1.807) is 24.3 Å². The van der Waals surface area contributed by atoms with E-state index in [9.17, 15) is 9.90 Å². The van der Waals surface area contributed by atoms with E-state index in [1.165, 1.54) is 6.20 Å². The number of aliphatic hydroxyl groups is 2. The first-order valence-corrected chi connectivity index (χ1v) is 10.1. The van der Waals surface area contributed by atoms with E-state index in [-0.39, 0.29) is 19.1 Å². The first kappa shape index (κ1) is 22.0. The van der Waals surface area contributed by atoms with Crippen molar-refractivity contribution in [3.8, 4) is 6.07 Å². The van der Waals surface area contributed by atoms with E-state index in [1.807, 2.05) is 6.07 Å². The van der Waals surface area contributed by atoms with Crippen LogP contribution in [0, 0.1) is 11.3 Å². The zero-order chi connectivity index (χ0) is 21.5. The van der Waals surface area contributed by atoms with Gasteiger partial charge in [0.2, 0.25) is 0 Å². The lowest BCUT2D eigenvalue weighted by Gasteiger charge is -2.37. The molecule has 1 aliphatic rings. The SMILES string of the molecule is N#Cc1ccc(N2CCN(CC(O)c3ccc(C(=O)NCCO)cn3)CC2)c(Cl)c1. The fourth-order valence-corrected chi connectivity index (χ4v) is 3.65. The summed E-state index contributed by atoms with van der Waals surface area (Å²) < 4.78 is 0. The van der Waals surface area contributed by atoms with Crippen LogP contribution in [0.2, 0.25) is 5.02 Å². The molecule has 2 aromatic rings. The summed E-state index contributed by atoms with van der Waals surface area (Å²) in [4.78, 5) is 20.4. The van der Waals surface area contributed by atoms with Crippen LogP contribution in [0.1, 0.15) is 27.7 Å². The number of pyridine rings is 1. The third-order valence-corrected chi connectivity index (χ3v) is 5.31. The minimum Gasteiger partial charge on any atom is -0.395 e. The summed E-state index contributed by atoms with van der Waals surface area (Å²) in [5, 5.41) is 31.4. The zero-order valence-electron chi connectivity index (χ0n) is 16.5. The summed E-state index contributed by atoms with van der Waals surface area (Å²) in [5.74, 6) is -0.310. The third-order valence-electron chi connectivity index (χ3n) is 5.01. The topological polar surface area (TPSA) is 113 Å². The molecule has 1 aromatic heterocycles. The second kappa shape index (κ2) is 10.4. The average Bonchev–Trinajstić information content (AvgIpc) is 2.78. The normalized spacial score (nSPS) is 15.5. The lowest BCUT2D eigenvalue weighted by molar-refractivity contribution is 0.0942. The molecule has 0 radical (unpaired) electrons. The quantitative estimate of drug-likeness (QED) is 0.605. The Morgan fingerprint density at radius 2 is 2.03 bits per heavy atom. The number of hydrogen-bond donors (Lipinski definition) is 3. The Hall–Kier alpha value is -2.70. The fourth-order valence-electron chi connectivity index (χ4n) is 3.35. The molecule has 3 N–H and O–H groups in total. The Balaban J connectivity index is 1.52. The maximum Gasteiger partial charge on any atom is 0.252 e. The largest absolute Gasteiger partial charge is 0.395 e. The minimum absolute atomic E-state index is 0.124. The van der Waals surface area contributed by atoms with Gasteiger partial charge in [-0.2, -0.15) is 5.26 Å². The number of carbonyl (C=O) groups is 1. The van der Waals surface area contributed by atoms with Crippen LogP contribution in [0.5, 0.6) is 0 Å². The number of nitrogens with zero attached hydrogens (tertiary/aromatic N) is 4. The molecule has 3 rings (SSSR count). The van der Waals surface area contributed by atoms with Crippen LogP contribution in [0.25, 0.3) is 0 Å². The van der Waals surface area contributed by atoms with Gasteiger partial charge in [-0.3, -0.25) is 14.7 Å². The van der Waals surface area contributed by atoms with Gasteiger partial charge in [-0.25, -0.2) is 0 Å². The predicted octanol–water partition coefficient (Wildman–Crippen LogP) is 1.18. The molecule has 9 heteroatoms. The molecule has 1 fully saturated rings. The highest BCUT2D eigenvalue weighted by Gasteiger charge is 2.22. The summed E-state index contributed by atoms with van der Waals surface area (Å²) in [7, 11) is 0. The van der Waals surface area contributed by atoms with Gasteiger partial charge in [0.1, 0.15) is 6.10 Å². The highest BCUT2D eigenvalue weighted by molar-refractivity contribution is 6.33. The maximum atomic E-state index is 11.8. The average molecular weight is 430 g/mol. The van der Waals surface area contributed by atoms with E-state index in [2.05, 4.69) is 26.2 Å². The van der Waals surface area contributed by atoms with Gasteiger partial charge in [0.05, 0.1) is 40.2 Å². The molecule has 30 heavy (non-hydrogen) atoms.